The molecule has 0 aromatic heterocycles. The molecule has 2 fully saturated rings. The molecule has 0 aromatic rings. The molecule has 4 atom stereocenters. The minimum Gasteiger partial charge on any atom is -0.396 e. The first-order valence-corrected chi connectivity index (χ1v) is 10.6. The van der Waals surface area contributed by atoms with Crippen molar-refractivity contribution in [2.24, 2.45) is 22.7 Å². The first kappa shape index (κ1) is 22.8. The van der Waals surface area contributed by atoms with Crippen molar-refractivity contribution in [3.05, 3.63) is 48.6 Å². The van der Waals surface area contributed by atoms with Gasteiger partial charge in [0.05, 0.1) is 22.7 Å². The maximum Gasteiger partial charge on any atom is 0.237 e. The molecule has 8 heteroatoms. The lowest BCUT2D eigenvalue weighted by Gasteiger charge is -2.28. The molecule has 0 bridgehead atoms. The normalized spacial score (nSPS) is 32.3. The monoisotopic (exact) mass is 428 g/mol. The summed E-state index contributed by atoms with van der Waals surface area (Å²) in [5.41, 5.74) is -1.46. The maximum atomic E-state index is 11.9. The fourth-order valence-electron chi connectivity index (χ4n) is 4.65. The third kappa shape index (κ3) is 4.18. The zero-order valence-corrected chi connectivity index (χ0v) is 17.3. The van der Waals surface area contributed by atoms with Gasteiger partial charge in [0.25, 0.3) is 0 Å². The zero-order valence-electron chi connectivity index (χ0n) is 17.3. The number of aliphatic hydroxyl groups is 2. The van der Waals surface area contributed by atoms with Gasteiger partial charge in [-0.15, -0.1) is 0 Å². The van der Waals surface area contributed by atoms with Crippen molar-refractivity contribution in [2.45, 2.75) is 32.1 Å². The van der Waals surface area contributed by atoms with Crippen molar-refractivity contribution in [3.8, 4) is 0 Å². The number of allylic oxidation sites excluding steroid dienone is 4. The smallest absolute Gasteiger partial charge is 0.237 e. The molecule has 4 amide bonds. The van der Waals surface area contributed by atoms with Gasteiger partial charge < -0.3 is 10.2 Å². The molecule has 0 saturated carbocycles. The summed E-state index contributed by atoms with van der Waals surface area (Å²) in [4.78, 5) is 46.7. The number of rotatable bonds is 7. The van der Waals surface area contributed by atoms with Crippen LogP contribution in [0, 0.1) is 22.7 Å². The Morgan fingerprint density at radius 1 is 0.677 bits per heavy atom. The van der Waals surface area contributed by atoms with Gasteiger partial charge in [0.15, 0.2) is 0 Å². The maximum absolute atomic E-state index is 11.9. The van der Waals surface area contributed by atoms with E-state index in [-0.39, 0.29) is 42.8 Å². The largest absolute Gasteiger partial charge is 0.396 e. The zero-order chi connectivity index (χ0) is 22.5. The van der Waals surface area contributed by atoms with Gasteiger partial charge in [-0.05, 0) is 32.1 Å². The van der Waals surface area contributed by atoms with Gasteiger partial charge in [0.1, 0.15) is 0 Å². The quantitative estimate of drug-likeness (QED) is 0.348. The summed E-state index contributed by atoms with van der Waals surface area (Å²) in [6, 6.07) is 0. The summed E-state index contributed by atoms with van der Waals surface area (Å²) in [6.07, 6.45) is 17.3. The van der Waals surface area contributed by atoms with Gasteiger partial charge in [-0.2, -0.15) is 0 Å². The highest BCUT2D eigenvalue weighted by Gasteiger charge is 2.53. The van der Waals surface area contributed by atoms with Crippen LogP contribution in [-0.2, 0) is 19.2 Å². The number of aliphatic hydroxyl groups excluding tert-OH is 2. The number of imide groups is 2. The second-order valence-corrected chi connectivity index (χ2v) is 8.17. The van der Waals surface area contributed by atoms with E-state index in [0.717, 1.165) is 6.42 Å². The van der Waals surface area contributed by atoms with E-state index >= 15 is 0 Å². The molecule has 2 aliphatic carbocycles. The lowest BCUT2D eigenvalue weighted by atomic mass is 9.71. The number of nitrogens with one attached hydrogen (secondary N) is 2. The average molecular weight is 428 g/mol. The molecule has 4 rings (SSSR count). The van der Waals surface area contributed by atoms with Crippen molar-refractivity contribution in [1.29, 1.82) is 0 Å². The Balaban J connectivity index is 0.000000176. The average Bonchev–Trinajstić information content (AvgIpc) is 3.17. The van der Waals surface area contributed by atoms with Crippen molar-refractivity contribution in [1.82, 2.24) is 10.6 Å². The molecule has 2 heterocycles. The van der Waals surface area contributed by atoms with Crippen molar-refractivity contribution in [2.75, 3.05) is 13.2 Å². The van der Waals surface area contributed by atoms with Crippen molar-refractivity contribution < 1.29 is 29.4 Å². The number of unbranched alkanes of at least 4 members (excludes halogenated alkanes) is 1. The molecule has 0 radical (unpaired) electrons. The molecule has 2 aliphatic heterocycles. The first-order chi connectivity index (χ1) is 14.9. The second-order valence-electron chi connectivity index (χ2n) is 8.17. The predicted molar refractivity (Wildman–Crippen MR) is 112 cm³/mol. The van der Waals surface area contributed by atoms with Gasteiger partial charge in [-0.25, -0.2) is 0 Å². The van der Waals surface area contributed by atoms with E-state index in [4.69, 9.17) is 10.2 Å². The summed E-state index contributed by atoms with van der Waals surface area (Å²) in [7, 11) is 0. The van der Waals surface area contributed by atoms with Crippen molar-refractivity contribution in [3.63, 3.8) is 0 Å². The molecule has 4 N–H and O–H groups in total. The lowest BCUT2D eigenvalue weighted by molar-refractivity contribution is -0.128. The lowest BCUT2D eigenvalue weighted by Crippen LogP contribution is -2.33. The third-order valence-electron chi connectivity index (χ3n) is 6.36. The summed E-state index contributed by atoms with van der Waals surface area (Å²) in [5, 5.41) is 22.3. The molecule has 0 aromatic carbocycles. The van der Waals surface area contributed by atoms with Crippen LogP contribution in [0.3, 0.4) is 0 Å². The van der Waals surface area contributed by atoms with Crippen LogP contribution in [-0.4, -0.2) is 47.1 Å². The number of carbonyl (C=O) groups is 4. The number of hydrogen-bond acceptors (Lipinski definition) is 6. The van der Waals surface area contributed by atoms with Crippen LogP contribution in [0.2, 0.25) is 0 Å². The van der Waals surface area contributed by atoms with Gasteiger partial charge in [0, 0.05) is 13.2 Å². The number of carbonyl (C=O) groups excluding carboxylic acids is 4. The standard InChI is InChI=1S/C12H15NO3.C11H13NO3/c14-8-4-3-7-12-6-2-1-5-9(12)10(15)13-11(12)16;13-7-3-6-11-5-2-1-4-8(11)9(14)12-10(11)15/h1-2,5-6,9,14H,3-4,7-8H2,(H,13,15,16);1-2,4-5,8,13H,3,6-7H2,(H,12,14,15). The molecule has 8 nitrogen and oxygen atoms in total. The van der Waals surface area contributed by atoms with E-state index in [9.17, 15) is 19.2 Å². The summed E-state index contributed by atoms with van der Waals surface area (Å²) in [5.74, 6) is -1.68. The van der Waals surface area contributed by atoms with Crippen LogP contribution < -0.4 is 10.6 Å². The Labute approximate surface area is 180 Å². The van der Waals surface area contributed by atoms with Crippen molar-refractivity contribution >= 4 is 23.6 Å². The molecular weight excluding hydrogens is 400 g/mol. The molecule has 0 spiro atoms. The van der Waals surface area contributed by atoms with Gasteiger partial charge in [-0.3, -0.25) is 29.8 Å². The van der Waals surface area contributed by atoms with Gasteiger partial charge in [-0.1, -0.05) is 48.6 Å². The van der Waals surface area contributed by atoms with E-state index in [1.165, 1.54) is 0 Å². The van der Waals surface area contributed by atoms with Crippen LogP contribution >= 0.6 is 0 Å². The van der Waals surface area contributed by atoms with Gasteiger partial charge in [0.2, 0.25) is 23.6 Å². The topological polar surface area (TPSA) is 133 Å². The van der Waals surface area contributed by atoms with E-state index in [1.807, 2.05) is 12.2 Å². The molecule has 166 valence electrons. The van der Waals surface area contributed by atoms with E-state index in [2.05, 4.69) is 10.6 Å². The van der Waals surface area contributed by atoms with Crippen LogP contribution in [0.25, 0.3) is 0 Å². The number of fused-ring (bicyclic) bond motifs is 2. The van der Waals surface area contributed by atoms with Crippen LogP contribution in [0.4, 0.5) is 0 Å². The molecule has 4 unspecified atom stereocenters. The van der Waals surface area contributed by atoms with E-state index in [0.29, 0.717) is 25.7 Å². The summed E-state index contributed by atoms with van der Waals surface area (Å²) >= 11 is 0. The Bertz CT molecular complexity index is 873. The van der Waals surface area contributed by atoms with Crippen LogP contribution in [0.5, 0.6) is 0 Å². The SMILES string of the molecule is O=C1NC(=O)C2(CCCCO)C=CC=CC12.O=C1NC(=O)C2(CCCO)C=CC=CC12. The van der Waals surface area contributed by atoms with E-state index < -0.39 is 16.7 Å². The minimum atomic E-state index is -0.755. The molecule has 4 aliphatic rings. The second kappa shape index (κ2) is 9.53. The number of hydrogen-bond donors (Lipinski definition) is 4. The van der Waals surface area contributed by atoms with Crippen LogP contribution in [0.1, 0.15) is 32.1 Å². The Hall–Kier alpha value is -2.84. The third-order valence-corrected chi connectivity index (χ3v) is 6.36. The highest BCUT2D eigenvalue weighted by atomic mass is 16.3. The molecular formula is C23H28N2O6. The predicted octanol–water partition coefficient (Wildman–Crippen LogP) is 0.678. The fourth-order valence-corrected chi connectivity index (χ4v) is 4.65. The molecule has 31 heavy (non-hydrogen) atoms. The summed E-state index contributed by atoms with van der Waals surface area (Å²) in [6.45, 7) is 0.156. The Morgan fingerprint density at radius 2 is 1.13 bits per heavy atom. The fraction of sp³-hybridized carbons (Fsp3) is 0.478. The Kier molecular flexibility index (Phi) is 7.02. The first-order valence-electron chi connectivity index (χ1n) is 10.6. The summed E-state index contributed by atoms with van der Waals surface area (Å²) < 4.78 is 0. The van der Waals surface area contributed by atoms with Crippen LogP contribution in [0.15, 0.2) is 48.6 Å². The Morgan fingerprint density at radius 3 is 1.58 bits per heavy atom. The van der Waals surface area contributed by atoms with Gasteiger partial charge >= 0.3 is 0 Å². The molecule has 2 saturated heterocycles. The minimum absolute atomic E-state index is 0.0352. The highest BCUT2D eigenvalue weighted by molar-refractivity contribution is 6.10. The van der Waals surface area contributed by atoms with E-state index in [1.54, 1.807) is 36.5 Å². The number of amides is 4. The highest BCUT2D eigenvalue weighted by Crippen LogP contribution is 2.43.